The average molecular weight is 478 g/mol. The third-order valence-electron chi connectivity index (χ3n) is 5.69. The molecule has 7 heteroatoms. The van der Waals surface area contributed by atoms with Gasteiger partial charge in [-0.1, -0.05) is 36.7 Å². The normalized spacial score (nSPS) is 14.8. The van der Waals surface area contributed by atoms with Crippen LogP contribution in [0, 0.1) is 19.7 Å². The van der Waals surface area contributed by atoms with Crippen LogP contribution in [0.25, 0.3) is 0 Å². The van der Waals surface area contributed by atoms with Crippen molar-refractivity contribution in [1.29, 1.82) is 0 Å². The van der Waals surface area contributed by atoms with Gasteiger partial charge < -0.3 is 10.6 Å². The van der Waals surface area contributed by atoms with E-state index in [1.54, 1.807) is 12.1 Å². The van der Waals surface area contributed by atoms with E-state index >= 15 is 0 Å². The lowest BCUT2D eigenvalue weighted by Crippen LogP contribution is -2.43. The molecule has 0 bridgehead atoms. The van der Waals surface area contributed by atoms with Gasteiger partial charge in [0.25, 0.3) is 0 Å². The summed E-state index contributed by atoms with van der Waals surface area (Å²) in [7, 11) is 1.93. The number of likely N-dealkylation sites (tertiary alicyclic amines) is 1. The summed E-state index contributed by atoms with van der Waals surface area (Å²) in [6.07, 6.45) is 3.67. The molecule has 0 radical (unpaired) electrons. The van der Waals surface area contributed by atoms with Crippen LogP contribution in [0.1, 0.15) is 59.8 Å². The molecule has 1 aliphatic rings. The highest BCUT2D eigenvalue weighted by atomic mass is 35.5. The highest BCUT2D eigenvalue weighted by molar-refractivity contribution is 6.30. The molecule has 1 fully saturated rings. The molecular weight excluding hydrogens is 441 g/mol. The third-order valence-corrected chi connectivity index (χ3v) is 5.98. The largest absolute Gasteiger partial charge is 0.356 e. The second kappa shape index (κ2) is 15.5. The summed E-state index contributed by atoms with van der Waals surface area (Å²) in [5, 5.41) is 5.98. The number of nitrogens with one attached hydrogen (secondary N) is 2. The van der Waals surface area contributed by atoms with Gasteiger partial charge in [0, 0.05) is 30.7 Å². The van der Waals surface area contributed by atoms with Gasteiger partial charge in [0.2, 0.25) is 6.41 Å². The third kappa shape index (κ3) is 10.0. The predicted molar refractivity (Wildman–Crippen MR) is 135 cm³/mol. The number of hydrogen-bond acceptors (Lipinski definition) is 4. The van der Waals surface area contributed by atoms with Gasteiger partial charge in [-0.3, -0.25) is 14.5 Å². The van der Waals surface area contributed by atoms with Crippen molar-refractivity contribution in [2.24, 2.45) is 0 Å². The highest BCUT2D eigenvalue weighted by Crippen LogP contribution is 2.27. The van der Waals surface area contributed by atoms with Crippen LogP contribution in [0.15, 0.2) is 36.4 Å². The first-order valence-corrected chi connectivity index (χ1v) is 11.7. The monoisotopic (exact) mass is 477 g/mol. The molecule has 5 nitrogen and oxygen atoms in total. The smallest absolute Gasteiger partial charge is 0.207 e. The first kappa shape index (κ1) is 28.8. The zero-order chi connectivity index (χ0) is 24.8. The van der Waals surface area contributed by atoms with Crippen molar-refractivity contribution >= 4 is 24.3 Å². The van der Waals surface area contributed by atoms with Gasteiger partial charge in [-0.15, -0.1) is 0 Å². The maximum Gasteiger partial charge on any atom is 0.207 e. The lowest BCUT2D eigenvalue weighted by molar-refractivity contribution is -0.110. The molecule has 0 saturated carbocycles. The van der Waals surface area contributed by atoms with E-state index < -0.39 is 0 Å². The minimum absolute atomic E-state index is 0.190. The van der Waals surface area contributed by atoms with E-state index in [-0.39, 0.29) is 10.8 Å². The van der Waals surface area contributed by atoms with Crippen LogP contribution < -0.4 is 10.6 Å². The Labute approximate surface area is 202 Å². The van der Waals surface area contributed by atoms with Crippen LogP contribution in [0.3, 0.4) is 0 Å². The standard InChI is InChI=1S/C16H22N2O2.C7H6ClF.C3H9N/c1-12-9-14(10-19)3-4-16(12)13(2)18-7-5-15(6-8-18)17-11-20;1-5-2-3-7(9)6(8)4-5;1-3-4-2/h3-4,9-11,13,15H,5-8H2,1-2H3,(H,17,20);2-4H,1H3;4H,3H2,1-2H3. The molecule has 2 aromatic rings. The summed E-state index contributed by atoms with van der Waals surface area (Å²) < 4.78 is 12.4. The average Bonchev–Trinajstić information content (AvgIpc) is 2.82. The van der Waals surface area contributed by atoms with Crippen molar-refractivity contribution in [3.05, 3.63) is 69.5 Å². The Balaban J connectivity index is 0.000000345. The SMILES string of the molecule is CCNC.Cc1cc(C=O)ccc1C(C)N1CCC(NC=O)CC1.Cc1ccc(F)c(Cl)c1. The Bertz CT molecular complexity index is 869. The van der Waals surface area contributed by atoms with E-state index in [0.717, 1.165) is 61.9 Å². The van der Waals surface area contributed by atoms with Gasteiger partial charge in [-0.25, -0.2) is 4.39 Å². The first-order chi connectivity index (χ1) is 15.8. The molecule has 3 rings (SSSR count). The van der Waals surface area contributed by atoms with E-state index in [1.165, 1.54) is 11.6 Å². The quantitative estimate of drug-likeness (QED) is 0.569. The van der Waals surface area contributed by atoms with Gasteiger partial charge in [0.1, 0.15) is 12.1 Å². The Hall–Kier alpha value is -2.28. The molecule has 1 heterocycles. The van der Waals surface area contributed by atoms with Crippen molar-refractivity contribution in [3.63, 3.8) is 0 Å². The number of halogens is 2. The van der Waals surface area contributed by atoms with Gasteiger partial charge in [-0.2, -0.15) is 0 Å². The first-order valence-electron chi connectivity index (χ1n) is 11.3. The molecule has 1 aliphatic heterocycles. The zero-order valence-corrected chi connectivity index (χ0v) is 21.1. The van der Waals surface area contributed by atoms with E-state index in [2.05, 4.69) is 42.4 Å². The van der Waals surface area contributed by atoms with E-state index in [9.17, 15) is 14.0 Å². The molecule has 0 aromatic heterocycles. The summed E-state index contributed by atoms with van der Waals surface area (Å²) in [4.78, 5) is 23.7. The Morgan fingerprint density at radius 1 is 1.15 bits per heavy atom. The summed E-state index contributed by atoms with van der Waals surface area (Å²) in [5.74, 6) is -0.359. The summed E-state index contributed by atoms with van der Waals surface area (Å²) in [5.41, 5.74) is 4.14. The fourth-order valence-corrected chi connectivity index (χ4v) is 3.82. The Morgan fingerprint density at radius 3 is 2.24 bits per heavy atom. The van der Waals surface area contributed by atoms with Crippen LogP contribution >= 0.6 is 11.6 Å². The molecule has 2 aromatic carbocycles. The topological polar surface area (TPSA) is 61.4 Å². The van der Waals surface area contributed by atoms with Crippen molar-refractivity contribution in [2.75, 3.05) is 26.7 Å². The lowest BCUT2D eigenvalue weighted by Gasteiger charge is -2.36. The molecule has 33 heavy (non-hydrogen) atoms. The molecule has 1 atom stereocenters. The van der Waals surface area contributed by atoms with Crippen LogP contribution in [-0.2, 0) is 4.79 Å². The number of aryl methyl sites for hydroxylation is 2. The Kier molecular flexibility index (Phi) is 13.5. The van der Waals surface area contributed by atoms with Crippen molar-refractivity contribution < 1.29 is 14.0 Å². The van der Waals surface area contributed by atoms with E-state index in [0.29, 0.717) is 12.1 Å². The van der Waals surface area contributed by atoms with Gasteiger partial charge >= 0.3 is 0 Å². The van der Waals surface area contributed by atoms with Crippen LogP contribution in [-0.4, -0.2) is 50.3 Å². The molecule has 1 saturated heterocycles. The second-order valence-electron chi connectivity index (χ2n) is 8.13. The maximum atomic E-state index is 12.4. The van der Waals surface area contributed by atoms with Crippen LogP contribution in [0.5, 0.6) is 0 Å². The fraction of sp³-hybridized carbons (Fsp3) is 0.462. The minimum atomic E-state index is -0.359. The molecule has 182 valence electrons. The maximum absolute atomic E-state index is 12.4. The summed E-state index contributed by atoms with van der Waals surface area (Å²) >= 11 is 5.44. The zero-order valence-electron chi connectivity index (χ0n) is 20.3. The van der Waals surface area contributed by atoms with Gasteiger partial charge in [0.05, 0.1) is 5.02 Å². The van der Waals surface area contributed by atoms with Crippen LogP contribution in [0.4, 0.5) is 4.39 Å². The number of amides is 1. The number of carbonyl (C=O) groups is 2. The van der Waals surface area contributed by atoms with Gasteiger partial charge in [-0.05, 0) is 82.1 Å². The minimum Gasteiger partial charge on any atom is -0.356 e. The van der Waals surface area contributed by atoms with Crippen molar-refractivity contribution in [2.45, 2.75) is 52.6 Å². The molecular formula is C26H37ClFN3O2. The lowest BCUT2D eigenvalue weighted by atomic mass is 9.96. The number of rotatable bonds is 6. The number of carbonyl (C=O) groups excluding carboxylic acids is 2. The summed E-state index contributed by atoms with van der Waals surface area (Å²) in [6, 6.07) is 11.2. The molecule has 0 spiro atoms. The summed E-state index contributed by atoms with van der Waals surface area (Å²) in [6.45, 7) is 11.2. The van der Waals surface area contributed by atoms with E-state index in [4.69, 9.17) is 11.6 Å². The molecule has 1 unspecified atom stereocenters. The second-order valence-corrected chi connectivity index (χ2v) is 8.54. The van der Waals surface area contributed by atoms with Crippen LogP contribution in [0.2, 0.25) is 5.02 Å². The Morgan fingerprint density at radius 2 is 1.79 bits per heavy atom. The number of piperidine rings is 1. The molecule has 1 amide bonds. The van der Waals surface area contributed by atoms with E-state index in [1.807, 2.05) is 26.1 Å². The fourth-order valence-electron chi connectivity index (χ4n) is 3.59. The van der Waals surface area contributed by atoms with Crippen molar-refractivity contribution in [3.8, 4) is 0 Å². The number of nitrogens with zero attached hydrogens (tertiary/aromatic N) is 1. The highest BCUT2D eigenvalue weighted by Gasteiger charge is 2.23. The molecule has 0 aliphatic carbocycles. The predicted octanol–water partition coefficient (Wildman–Crippen LogP) is 5.09. The number of benzene rings is 2. The van der Waals surface area contributed by atoms with Gasteiger partial charge in [0.15, 0.2) is 0 Å². The molecule has 2 N–H and O–H groups in total. The number of aldehydes is 1. The number of hydrogen-bond donors (Lipinski definition) is 2. The van der Waals surface area contributed by atoms with Crippen molar-refractivity contribution in [1.82, 2.24) is 15.5 Å².